The fraction of sp³-hybridized carbons (Fsp3) is 0.333. The molecule has 0 fully saturated rings. The Kier molecular flexibility index (Phi) is 6.55. The quantitative estimate of drug-likeness (QED) is 0.524. The molecule has 2 rings (SSSR count). The lowest BCUT2D eigenvalue weighted by Gasteiger charge is -2.16. The Balaban J connectivity index is 1.96. The molecule has 2 heteroatoms. The summed E-state index contributed by atoms with van der Waals surface area (Å²) in [5.41, 5.74) is 2.83. The van der Waals surface area contributed by atoms with Crippen molar-refractivity contribution >= 4 is 9.04 Å². The summed E-state index contributed by atoms with van der Waals surface area (Å²) in [6.45, 7) is 3.14. The maximum atomic E-state index is 6.23. The van der Waals surface area contributed by atoms with Crippen LogP contribution in [0.1, 0.15) is 30.9 Å². The third-order valence-electron chi connectivity index (χ3n) is 3.46. The van der Waals surface area contributed by atoms with E-state index >= 15 is 0 Å². The van der Waals surface area contributed by atoms with Gasteiger partial charge in [-0.1, -0.05) is 74.0 Å². The standard InChI is InChI=1S/C18H24OSi/c1-2-3-14-19-20(15-17-10-6-4-7-11-17)16-18-12-8-5-9-13-18/h4-13,20H,2-3,14-16H2,1H3. The zero-order valence-electron chi connectivity index (χ0n) is 12.3. The van der Waals surface area contributed by atoms with E-state index in [1.54, 1.807) is 0 Å². The van der Waals surface area contributed by atoms with E-state index in [1.165, 1.54) is 24.0 Å². The molecule has 0 atom stereocenters. The highest BCUT2D eigenvalue weighted by molar-refractivity contribution is 6.50. The topological polar surface area (TPSA) is 9.23 Å². The molecule has 106 valence electrons. The van der Waals surface area contributed by atoms with Gasteiger partial charge in [-0.05, 0) is 29.6 Å². The van der Waals surface area contributed by atoms with Crippen LogP contribution >= 0.6 is 0 Å². The van der Waals surface area contributed by atoms with Gasteiger partial charge in [-0.3, -0.25) is 0 Å². The summed E-state index contributed by atoms with van der Waals surface area (Å²) in [6, 6.07) is 23.8. The van der Waals surface area contributed by atoms with Crippen molar-refractivity contribution in [3.05, 3.63) is 71.8 Å². The van der Waals surface area contributed by atoms with Crippen LogP contribution in [0, 0.1) is 0 Å². The second kappa shape index (κ2) is 8.72. The van der Waals surface area contributed by atoms with Gasteiger partial charge >= 0.3 is 0 Å². The summed E-state index contributed by atoms with van der Waals surface area (Å²) in [6.07, 6.45) is 2.38. The molecule has 0 amide bonds. The third-order valence-corrected chi connectivity index (χ3v) is 6.02. The van der Waals surface area contributed by atoms with Crippen LogP contribution in [-0.2, 0) is 16.5 Å². The van der Waals surface area contributed by atoms with Crippen molar-refractivity contribution in [1.82, 2.24) is 0 Å². The number of benzene rings is 2. The molecule has 20 heavy (non-hydrogen) atoms. The normalized spacial score (nSPS) is 10.9. The zero-order valence-corrected chi connectivity index (χ0v) is 13.4. The predicted octanol–water partition coefficient (Wildman–Crippen LogP) is 4.09. The summed E-state index contributed by atoms with van der Waals surface area (Å²) in [5, 5.41) is 0. The number of rotatable bonds is 8. The minimum absolute atomic E-state index is 0.924. The Bertz CT molecular complexity index is 428. The molecule has 0 saturated heterocycles. The lowest BCUT2D eigenvalue weighted by molar-refractivity contribution is 0.308. The predicted molar refractivity (Wildman–Crippen MR) is 88.3 cm³/mol. The number of hydrogen-bond donors (Lipinski definition) is 0. The SMILES string of the molecule is CCCCO[SiH](Cc1ccccc1)Cc1ccccc1. The van der Waals surface area contributed by atoms with Crippen LogP contribution in [0.15, 0.2) is 60.7 Å². The summed E-state index contributed by atoms with van der Waals surface area (Å²) >= 11 is 0. The van der Waals surface area contributed by atoms with Crippen molar-refractivity contribution in [2.24, 2.45) is 0 Å². The highest BCUT2D eigenvalue weighted by Gasteiger charge is 2.13. The molecule has 0 saturated carbocycles. The summed E-state index contributed by atoms with van der Waals surface area (Å²) in [7, 11) is -1.22. The Labute approximate surface area is 124 Å². The van der Waals surface area contributed by atoms with Crippen molar-refractivity contribution in [2.75, 3.05) is 6.61 Å². The van der Waals surface area contributed by atoms with Crippen molar-refractivity contribution in [3.63, 3.8) is 0 Å². The Morgan fingerprint density at radius 3 is 1.75 bits per heavy atom. The lowest BCUT2D eigenvalue weighted by Crippen LogP contribution is -2.26. The monoisotopic (exact) mass is 284 g/mol. The van der Waals surface area contributed by atoms with Crippen LogP contribution in [0.25, 0.3) is 0 Å². The Morgan fingerprint density at radius 1 is 0.800 bits per heavy atom. The molecule has 1 nitrogen and oxygen atoms in total. The van der Waals surface area contributed by atoms with Gasteiger partial charge in [0, 0.05) is 6.61 Å². The van der Waals surface area contributed by atoms with E-state index in [0.717, 1.165) is 18.7 Å². The maximum absolute atomic E-state index is 6.23. The van der Waals surface area contributed by atoms with E-state index in [-0.39, 0.29) is 0 Å². The lowest BCUT2D eigenvalue weighted by atomic mass is 10.2. The summed E-state index contributed by atoms with van der Waals surface area (Å²) in [4.78, 5) is 0. The largest absolute Gasteiger partial charge is 0.419 e. The molecule has 0 N–H and O–H groups in total. The van der Waals surface area contributed by atoms with Crippen LogP contribution < -0.4 is 0 Å². The second-order valence-electron chi connectivity index (χ2n) is 5.23. The molecule has 0 aliphatic heterocycles. The van der Waals surface area contributed by atoms with E-state index in [9.17, 15) is 0 Å². The fourth-order valence-electron chi connectivity index (χ4n) is 2.34. The minimum atomic E-state index is -1.22. The van der Waals surface area contributed by atoms with Gasteiger partial charge in [-0.25, -0.2) is 0 Å². The number of hydrogen-bond acceptors (Lipinski definition) is 1. The van der Waals surface area contributed by atoms with Crippen LogP contribution in [0.2, 0.25) is 0 Å². The van der Waals surface area contributed by atoms with Gasteiger partial charge in [0.15, 0.2) is 9.04 Å². The van der Waals surface area contributed by atoms with Gasteiger partial charge in [0.2, 0.25) is 0 Å². The molecule has 0 unspecified atom stereocenters. The molecule has 2 aromatic rings. The Morgan fingerprint density at radius 2 is 1.30 bits per heavy atom. The van der Waals surface area contributed by atoms with Crippen LogP contribution in [0.5, 0.6) is 0 Å². The van der Waals surface area contributed by atoms with Gasteiger partial charge in [0.1, 0.15) is 0 Å². The van der Waals surface area contributed by atoms with E-state index < -0.39 is 9.04 Å². The molecule has 2 aromatic carbocycles. The van der Waals surface area contributed by atoms with E-state index in [1.807, 2.05) is 0 Å². The van der Waals surface area contributed by atoms with E-state index in [2.05, 4.69) is 67.6 Å². The van der Waals surface area contributed by atoms with Crippen molar-refractivity contribution < 1.29 is 4.43 Å². The summed E-state index contributed by atoms with van der Waals surface area (Å²) < 4.78 is 6.23. The molecule has 0 aliphatic rings. The van der Waals surface area contributed by atoms with Gasteiger partial charge < -0.3 is 4.43 Å². The van der Waals surface area contributed by atoms with E-state index in [0.29, 0.717) is 0 Å². The molecule has 0 aromatic heterocycles. The Hall–Kier alpha value is -1.38. The fourth-order valence-corrected chi connectivity index (χ4v) is 4.81. The van der Waals surface area contributed by atoms with Crippen LogP contribution in [0.3, 0.4) is 0 Å². The molecule has 0 aliphatic carbocycles. The zero-order chi connectivity index (χ0) is 14.0. The molecule has 0 bridgehead atoms. The summed E-state index contributed by atoms with van der Waals surface area (Å²) in [5.74, 6) is 0. The first-order valence-corrected chi connectivity index (χ1v) is 9.68. The van der Waals surface area contributed by atoms with Gasteiger partial charge in [-0.15, -0.1) is 0 Å². The molecule has 0 heterocycles. The molecular weight excluding hydrogens is 260 g/mol. The van der Waals surface area contributed by atoms with Gasteiger partial charge in [0.05, 0.1) is 0 Å². The van der Waals surface area contributed by atoms with Gasteiger partial charge in [-0.2, -0.15) is 0 Å². The van der Waals surface area contributed by atoms with Gasteiger partial charge in [0.25, 0.3) is 0 Å². The average molecular weight is 284 g/mol. The van der Waals surface area contributed by atoms with Crippen LogP contribution in [0.4, 0.5) is 0 Å². The minimum Gasteiger partial charge on any atom is -0.419 e. The van der Waals surface area contributed by atoms with Crippen molar-refractivity contribution in [1.29, 1.82) is 0 Å². The van der Waals surface area contributed by atoms with Crippen molar-refractivity contribution in [3.8, 4) is 0 Å². The first-order chi connectivity index (χ1) is 9.88. The van der Waals surface area contributed by atoms with Crippen molar-refractivity contribution in [2.45, 2.75) is 31.9 Å². The van der Waals surface area contributed by atoms with Crippen LogP contribution in [-0.4, -0.2) is 15.6 Å². The first-order valence-electron chi connectivity index (χ1n) is 7.58. The first kappa shape index (κ1) is 15.0. The molecule has 0 radical (unpaired) electrons. The maximum Gasteiger partial charge on any atom is 0.185 e. The molecular formula is C18H24OSi. The molecule has 0 spiro atoms. The highest BCUT2D eigenvalue weighted by atomic mass is 28.3. The number of unbranched alkanes of at least 4 members (excludes halogenated alkanes) is 1. The average Bonchev–Trinajstić information content (AvgIpc) is 2.49. The second-order valence-corrected chi connectivity index (χ2v) is 7.62. The van der Waals surface area contributed by atoms with E-state index in [4.69, 9.17) is 4.43 Å². The third kappa shape index (κ3) is 5.31. The highest BCUT2D eigenvalue weighted by Crippen LogP contribution is 2.10. The smallest absolute Gasteiger partial charge is 0.185 e.